The number of carbonyl (C=O) groups is 7. The van der Waals surface area contributed by atoms with Crippen LogP contribution in [0.15, 0.2) is 45.5 Å². The lowest BCUT2D eigenvalue weighted by molar-refractivity contribution is -0.142. The summed E-state index contributed by atoms with van der Waals surface area (Å²) in [6.07, 6.45) is 12.2. The van der Waals surface area contributed by atoms with Gasteiger partial charge in [-0.15, -0.1) is 23.1 Å². The Hall–Kier alpha value is -5.02. The van der Waals surface area contributed by atoms with E-state index in [9.17, 15) is 43.8 Å². The molecule has 0 saturated heterocycles. The van der Waals surface area contributed by atoms with Crippen molar-refractivity contribution in [2.24, 2.45) is 56.7 Å². The number of ketones is 2. The number of carboxylic acid groups (broad SMARTS) is 1. The number of benzene rings is 1. The number of amides is 4. The predicted molar refractivity (Wildman–Crippen MR) is 335 cm³/mol. The number of Topliss-reactive ketones (excluding diaryl/α,β-unsaturated/α-hetero) is 2. The lowest BCUT2D eigenvalue weighted by Gasteiger charge is -2.61. The van der Waals surface area contributed by atoms with Crippen molar-refractivity contribution in [3.63, 3.8) is 0 Å². The van der Waals surface area contributed by atoms with Gasteiger partial charge in [-0.1, -0.05) is 34.6 Å². The van der Waals surface area contributed by atoms with Crippen LogP contribution in [0.25, 0.3) is 10.2 Å². The number of allylic oxidation sites excluding steroid dienone is 4. The first-order chi connectivity index (χ1) is 40.8. The van der Waals surface area contributed by atoms with E-state index in [4.69, 9.17) is 24.2 Å². The van der Waals surface area contributed by atoms with E-state index < -0.39 is 23.5 Å². The van der Waals surface area contributed by atoms with Crippen molar-refractivity contribution in [3.05, 3.63) is 45.5 Å². The molecule has 2 aromatic rings. The van der Waals surface area contributed by atoms with Gasteiger partial charge in [0.1, 0.15) is 21.8 Å². The molecule has 0 bridgehead atoms. The van der Waals surface area contributed by atoms with Crippen LogP contribution in [0.5, 0.6) is 5.75 Å². The average molecular weight is 1230 g/mol. The first-order valence-electron chi connectivity index (χ1n) is 31.7. The summed E-state index contributed by atoms with van der Waals surface area (Å²) in [5, 5.41) is 27.8. The Balaban J connectivity index is 0.719. The Morgan fingerprint density at radius 1 is 0.837 bits per heavy atom. The minimum atomic E-state index is -1.06. The number of thioether (sulfide) groups is 1. The quantitative estimate of drug-likeness (QED) is 0.0458. The third-order valence-corrected chi connectivity index (χ3v) is 23.2. The van der Waals surface area contributed by atoms with Gasteiger partial charge in [0.25, 0.3) is 0 Å². The second-order valence-corrected chi connectivity index (χ2v) is 29.0. The van der Waals surface area contributed by atoms with Gasteiger partial charge in [0.05, 0.1) is 48.8 Å². The van der Waals surface area contributed by atoms with Crippen LogP contribution in [0, 0.1) is 51.8 Å². The SMILES string of the molecule is CC1=C(C)C(=O)C(C(C)(C)CC(=O)N(C)CCN(CCOCCOCCC(=O)NCCCCC(NC(=O)CC[C@@H](C)[C@H]2CC[C@H]3[C@@H]4CC[C@@H]5C[C@H](O)CC[C@]5(C)[C@H]4CC[C@]23C)C(=O)O)C(=O)Oc2ccc3nc(C4=NC(C)CS4)sc3c2)=C(C)C1=O. The number of thiazole rings is 1. The van der Waals surface area contributed by atoms with Crippen molar-refractivity contribution >= 4 is 79.7 Å². The number of fused-ring (bicyclic) bond motifs is 6. The fraction of sp³-hybridized carbons (Fsp3) is 0.712. The number of nitrogens with zero attached hydrogens (tertiary/aromatic N) is 4. The molecular formula is C66H96N6O12S2. The fourth-order valence-electron chi connectivity index (χ4n) is 15.8. The Bertz CT molecular complexity index is 2940. The molecule has 2 unspecified atom stereocenters. The number of aliphatic hydroxyl groups excluding tert-OH is 1. The van der Waals surface area contributed by atoms with Gasteiger partial charge in [-0.05, 0) is 170 Å². The summed E-state index contributed by atoms with van der Waals surface area (Å²) in [5.41, 5.74) is 1.93. The summed E-state index contributed by atoms with van der Waals surface area (Å²) in [6, 6.07) is 4.50. The minimum Gasteiger partial charge on any atom is -0.480 e. The van der Waals surface area contributed by atoms with E-state index in [1.165, 1.54) is 59.7 Å². The van der Waals surface area contributed by atoms with E-state index in [2.05, 4.69) is 38.3 Å². The van der Waals surface area contributed by atoms with Crippen LogP contribution in [0.1, 0.15) is 170 Å². The topological polar surface area (TPSA) is 243 Å². The van der Waals surface area contributed by atoms with Gasteiger partial charge in [0.15, 0.2) is 11.6 Å². The lowest BCUT2D eigenvalue weighted by Crippen LogP contribution is -2.54. The highest BCUT2D eigenvalue weighted by atomic mass is 32.2. The second-order valence-electron chi connectivity index (χ2n) is 27.0. The lowest BCUT2D eigenvalue weighted by atomic mass is 9.44. The van der Waals surface area contributed by atoms with Crippen LogP contribution in [0.4, 0.5) is 4.79 Å². The summed E-state index contributed by atoms with van der Waals surface area (Å²) in [5.74, 6) is 2.83. The molecule has 4 saturated carbocycles. The maximum atomic E-state index is 13.9. The first-order valence-corrected chi connectivity index (χ1v) is 33.5. The van der Waals surface area contributed by atoms with Gasteiger partial charge in [0.2, 0.25) is 17.7 Å². The third kappa shape index (κ3) is 15.7. The molecule has 0 spiro atoms. The molecule has 1 aromatic heterocycles. The molecule has 86 heavy (non-hydrogen) atoms. The molecule has 4 fully saturated rings. The number of carboxylic acids is 1. The number of rotatable bonds is 28. The van der Waals surface area contributed by atoms with E-state index in [0.29, 0.717) is 82.9 Å². The van der Waals surface area contributed by atoms with E-state index in [0.717, 1.165) is 63.5 Å². The molecule has 4 amide bonds. The molecule has 20 heteroatoms. The molecule has 2 heterocycles. The fourth-order valence-corrected chi connectivity index (χ4v) is 17.8. The summed E-state index contributed by atoms with van der Waals surface area (Å²) in [6.45, 7) is 19.3. The number of carbonyl (C=O) groups excluding carboxylic acids is 6. The predicted octanol–water partition coefficient (Wildman–Crippen LogP) is 10.4. The minimum absolute atomic E-state index is 0.0367. The zero-order valence-corrected chi connectivity index (χ0v) is 54.3. The van der Waals surface area contributed by atoms with Crippen LogP contribution < -0.4 is 15.4 Å². The zero-order chi connectivity index (χ0) is 62.3. The van der Waals surface area contributed by atoms with Gasteiger partial charge in [-0.2, -0.15) is 0 Å². The number of aromatic nitrogens is 1. The van der Waals surface area contributed by atoms with Crippen molar-refractivity contribution in [2.75, 3.05) is 65.4 Å². The first kappa shape index (κ1) is 66.9. The number of unbranched alkanes of at least 4 members (excludes halogenated alkanes) is 1. The number of hydrogen-bond acceptors (Lipinski definition) is 15. The molecule has 5 aliphatic carbocycles. The molecule has 0 radical (unpaired) electrons. The van der Waals surface area contributed by atoms with Crippen LogP contribution in [0.2, 0.25) is 0 Å². The summed E-state index contributed by atoms with van der Waals surface area (Å²) in [4.78, 5) is 104. The molecular weight excluding hydrogens is 1130 g/mol. The molecule has 18 nitrogen and oxygen atoms in total. The molecule has 1 aromatic carbocycles. The smallest absolute Gasteiger partial charge is 0.415 e. The standard InChI is InChI=1S/C66H96N6O12S2/c1-39(48-18-19-49-47-17-15-44-35-45(73)22-25-65(44,8)50(47)23-26-66(48,49)9)14-21-55(75)69-52(62(79)80)13-11-12-27-67-54(74)24-31-82-33-34-83-32-30-72(63(81)84-46-16-20-51-53(36-46)86-61(70-51)60-68-40(2)38-85-60)29-28-71(10)56(76)37-64(6,7)57-43(5)58(77)41(3)42(4)59(57)78/h16,20,36,39-40,44-45,47-50,52,73H,11-15,17-19,21-35,37-38H2,1-10H3,(H,67,74)(H,69,75)(H,79,80)/t39-,40?,44-,45-,47+,48-,49+,50+,52?,65+,66-/m1/s1. The Morgan fingerprint density at radius 2 is 1.56 bits per heavy atom. The van der Waals surface area contributed by atoms with Crippen molar-refractivity contribution in [1.82, 2.24) is 25.4 Å². The van der Waals surface area contributed by atoms with Gasteiger partial charge < -0.3 is 44.9 Å². The second kappa shape index (κ2) is 29.1. The van der Waals surface area contributed by atoms with Crippen molar-refractivity contribution < 1.29 is 58.0 Å². The van der Waals surface area contributed by atoms with E-state index in [1.54, 1.807) is 71.6 Å². The summed E-state index contributed by atoms with van der Waals surface area (Å²) < 4.78 is 18.3. The molecule has 4 N–H and O–H groups in total. The number of aliphatic carboxylic acids is 1. The molecule has 474 valence electrons. The Morgan fingerprint density at radius 3 is 2.29 bits per heavy atom. The Kier molecular flexibility index (Phi) is 22.6. The van der Waals surface area contributed by atoms with Crippen molar-refractivity contribution in [1.29, 1.82) is 0 Å². The highest BCUT2D eigenvalue weighted by Gasteiger charge is 2.60. The number of aliphatic hydroxyl groups is 1. The van der Waals surface area contributed by atoms with E-state index in [1.807, 2.05) is 0 Å². The maximum Gasteiger partial charge on any atom is 0.415 e. The maximum absolute atomic E-state index is 13.9. The van der Waals surface area contributed by atoms with Crippen LogP contribution in [-0.2, 0) is 38.2 Å². The van der Waals surface area contributed by atoms with E-state index >= 15 is 0 Å². The van der Waals surface area contributed by atoms with Crippen LogP contribution >= 0.6 is 23.1 Å². The molecule has 6 aliphatic rings. The highest BCUT2D eigenvalue weighted by molar-refractivity contribution is 8.15. The zero-order valence-electron chi connectivity index (χ0n) is 52.7. The molecule has 8 rings (SSSR count). The van der Waals surface area contributed by atoms with Crippen molar-refractivity contribution in [3.8, 4) is 5.75 Å². The molecule has 11 atom stereocenters. The van der Waals surface area contributed by atoms with Crippen LogP contribution in [-0.4, -0.2) is 155 Å². The molecule has 1 aliphatic heterocycles. The van der Waals surface area contributed by atoms with Crippen LogP contribution in [0.3, 0.4) is 0 Å². The average Bonchev–Trinajstić information content (AvgIpc) is 1.38. The third-order valence-electron chi connectivity index (χ3n) is 20.8. The van der Waals surface area contributed by atoms with Gasteiger partial charge in [-0.25, -0.2) is 14.6 Å². The Labute approximate surface area is 517 Å². The number of aliphatic imine (C=N–C) groups is 1. The van der Waals surface area contributed by atoms with Gasteiger partial charge >= 0.3 is 12.1 Å². The largest absolute Gasteiger partial charge is 0.480 e. The summed E-state index contributed by atoms with van der Waals surface area (Å²) in [7, 11) is 1.63. The van der Waals surface area contributed by atoms with Gasteiger partial charge in [-0.3, -0.25) is 29.0 Å². The highest BCUT2D eigenvalue weighted by Crippen LogP contribution is 2.68. The van der Waals surface area contributed by atoms with E-state index in [-0.39, 0.29) is 112 Å². The number of hydrogen-bond donors (Lipinski definition) is 4. The summed E-state index contributed by atoms with van der Waals surface area (Å²) >= 11 is 3.15. The normalized spacial score (nSPS) is 27.2. The van der Waals surface area contributed by atoms with Crippen molar-refractivity contribution in [2.45, 2.75) is 183 Å². The number of ether oxygens (including phenoxy) is 3. The number of likely N-dealkylation sites (N-methyl/N-ethyl adjacent to an activating group) is 1. The monoisotopic (exact) mass is 1230 g/mol. The number of nitrogens with one attached hydrogen (secondary N) is 2. The van der Waals surface area contributed by atoms with Gasteiger partial charge in [0, 0.05) is 92.0 Å².